The second-order valence-corrected chi connectivity index (χ2v) is 4.87. The minimum absolute atomic E-state index is 0.260. The number of nitrogens with zero attached hydrogens (tertiary/aromatic N) is 3. The molecule has 1 N–H and O–H groups in total. The van der Waals surface area contributed by atoms with E-state index in [9.17, 15) is 9.18 Å². The Labute approximate surface area is 126 Å². The highest BCUT2D eigenvalue weighted by Crippen LogP contribution is 2.35. The predicted octanol–water partition coefficient (Wildman–Crippen LogP) is 2.27. The highest BCUT2D eigenvalue weighted by Gasteiger charge is 2.34. The maximum atomic E-state index is 13.6. The van der Waals surface area contributed by atoms with Gasteiger partial charge in [0.1, 0.15) is 18.2 Å². The number of aromatic nitrogens is 3. The molecule has 1 aromatic carbocycles. The molecule has 0 saturated heterocycles. The number of allylic oxidation sites excluding steroid dienone is 1. The molecule has 114 valence electrons. The summed E-state index contributed by atoms with van der Waals surface area (Å²) < 4.78 is 20.3. The zero-order valence-electron chi connectivity index (χ0n) is 12.2. The summed E-state index contributed by atoms with van der Waals surface area (Å²) in [5.74, 6) is -0.332. The molecule has 0 radical (unpaired) electrons. The molecule has 1 aromatic heterocycles. The lowest BCUT2D eigenvalue weighted by molar-refractivity contribution is -0.139. The Balaban J connectivity index is 2.15. The fourth-order valence-electron chi connectivity index (χ4n) is 2.55. The molecule has 1 atom stereocenters. The van der Waals surface area contributed by atoms with Crippen molar-refractivity contribution in [2.45, 2.75) is 19.9 Å². The fourth-order valence-corrected chi connectivity index (χ4v) is 2.55. The van der Waals surface area contributed by atoms with Crippen molar-refractivity contribution in [1.82, 2.24) is 14.8 Å². The van der Waals surface area contributed by atoms with Gasteiger partial charge in [-0.25, -0.2) is 13.9 Å². The monoisotopic (exact) mass is 302 g/mol. The maximum Gasteiger partial charge on any atom is 0.338 e. The molecule has 2 aromatic rings. The van der Waals surface area contributed by atoms with Crippen molar-refractivity contribution >= 4 is 11.9 Å². The Morgan fingerprint density at radius 2 is 2.32 bits per heavy atom. The Morgan fingerprint density at radius 3 is 3.05 bits per heavy atom. The predicted molar refractivity (Wildman–Crippen MR) is 77.5 cm³/mol. The number of fused-ring (bicyclic) bond motifs is 1. The lowest BCUT2D eigenvalue weighted by Gasteiger charge is -2.28. The molecule has 0 bridgehead atoms. The zero-order valence-corrected chi connectivity index (χ0v) is 12.2. The first-order valence-corrected chi connectivity index (χ1v) is 6.91. The zero-order chi connectivity index (χ0) is 15.7. The normalized spacial score (nSPS) is 17.0. The summed E-state index contributed by atoms with van der Waals surface area (Å²) in [6.07, 6.45) is 1.38. The lowest BCUT2D eigenvalue weighted by atomic mass is 9.96. The number of halogens is 1. The minimum Gasteiger partial charge on any atom is -0.463 e. The number of rotatable bonds is 3. The van der Waals surface area contributed by atoms with Gasteiger partial charge in [0, 0.05) is 5.70 Å². The second kappa shape index (κ2) is 5.59. The van der Waals surface area contributed by atoms with E-state index in [1.165, 1.54) is 18.5 Å². The van der Waals surface area contributed by atoms with E-state index < -0.39 is 12.0 Å². The molecule has 22 heavy (non-hydrogen) atoms. The number of carbonyl (C=O) groups is 1. The van der Waals surface area contributed by atoms with Gasteiger partial charge in [0.2, 0.25) is 5.95 Å². The van der Waals surface area contributed by atoms with Crippen LogP contribution in [0, 0.1) is 5.82 Å². The van der Waals surface area contributed by atoms with E-state index >= 15 is 0 Å². The average Bonchev–Trinajstić information content (AvgIpc) is 2.93. The van der Waals surface area contributed by atoms with Gasteiger partial charge >= 0.3 is 5.97 Å². The Hall–Kier alpha value is -2.70. The summed E-state index contributed by atoms with van der Waals surface area (Å²) in [5, 5.41) is 7.17. The van der Waals surface area contributed by atoms with E-state index in [4.69, 9.17) is 4.74 Å². The fraction of sp³-hybridized carbons (Fsp3) is 0.267. The molecule has 0 amide bonds. The molecule has 7 heteroatoms. The van der Waals surface area contributed by atoms with Crippen LogP contribution in [-0.4, -0.2) is 27.3 Å². The van der Waals surface area contributed by atoms with Gasteiger partial charge in [-0.05, 0) is 31.5 Å². The van der Waals surface area contributed by atoms with E-state index in [1.54, 1.807) is 30.7 Å². The summed E-state index contributed by atoms with van der Waals surface area (Å²) in [6, 6.07) is 5.51. The number of esters is 1. The number of anilines is 1. The van der Waals surface area contributed by atoms with Gasteiger partial charge in [0.15, 0.2) is 0 Å². The molecule has 3 rings (SSSR count). The summed E-state index contributed by atoms with van der Waals surface area (Å²) in [7, 11) is 0. The first kappa shape index (κ1) is 14.2. The summed E-state index contributed by atoms with van der Waals surface area (Å²) in [6.45, 7) is 3.76. The minimum atomic E-state index is -0.575. The van der Waals surface area contributed by atoms with Gasteiger partial charge < -0.3 is 10.1 Å². The van der Waals surface area contributed by atoms with Crippen molar-refractivity contribution in [3.05, 3.63) is 53.2 Å². The molecule has 1 aliphatic rings. The van der Waals surface area contributed by atoms with Crippen LogP contribution in [0.5, 0.6) is 0 Å². The van der Waals surface area contributed by atoms with Crippen molar-refractivity contribution in [3.63, 3.8) is 0 Å². The molecule has 0 saturated carbocycles. The van der Waals surface area contributed by atoms with Crippen LogP contribution in [0.1, 0.15) is 25.5 Å². The summed E-state index contributed by atoms with van der Waals surface area (Å²) >= 11 is 0. The molecule has 2 heterocycles. The summed E-state index contributed by atoms with van der Waals surface area (Å²) in [4.78, 5) is 16.4. The number of ether oxygens (including phenoxy) is 1. The van der Waals surface area contributed by atoms with Crippen LogP contribution >= 0.6 is 0 Å². The van der Waals surface area contributed by atoms with Crippen LogP contribution in [0.15, 0.2) is 41.9 Å². The quantitative estimate of drug-likeness (QED) is 0.881. The van der Waals surface area contributed by atoms with Gasteiger partial charge in [0.25, 0.3) is 0 Å². The van der Waals surface area contributed by atoms with E-state index in [0.29, 0.717) is 22.8 Å². The Kier molecular flexibility index (Phi) is 3.62. The Morgan fingerprint density at radius 1 is 1.50 bits per heavy atom. The van der Waals surface area contributed by atoms with Crippen LogP contribution < -0.4 is 5.32 Å². The van der Waals surface area contributed by atoms with Crippen molar-refractivity contribution < 1.29 is 13.9 Å². The first-order chi connectivity index (χ1) is 10.6. The van der Waals surface area contributed by atoms with E-state index in [0.717, 1.165) is 0 Å². The van der Waals surface area contributed by atoms with Crippen molar-refractivity contribution in [3.8, 4) is 0 Å². The van der Waals surface area contributed by atoms with Gasteiger partial charge in [-0.2, -0.15) is 10.1 Å². The van der Waals surface area contributed by atoms with Crippen LogP contribution in [-0.2, 0) is 9.53 Å². The van der Waals surface area contributed by atoms with Crippen molar-refractivity contribution in [2.75, 3.05) is 11.9 Å². The van der Waals surface area contributed by atoms with E-state index in [2.05, 4.69) is 15.4 Å². The molecule has 6 nitrogen and oxygen atoms in total. The van der Waals surface area contributed by atoms with E-state index in [1.807, 2.05) is 0 Å². The van der Waals surface area contributed by atoms with E-state index in [-0.39, 0.29) is 12.4 Å². The number of benzene rings is 1. The number of nitrogens with one attached hydrogen (secondary N) is 1. The smallest absolute Gasteiger partial charge is 0.338 e. The third-order valence-corrected chi connectivity index (χ3v) is 3.45. The highest BCUT2D eigenvalue weighted by atomic mass is 19.1. The van der Waals surface area contributed by atoms with Gasteiger partial charge in [-0.15, -0.1) is 0 Å². The Bertz CT molecular complexity index is 754. The molecular formula is C15H15FN4O2. The number of carbonyl (C=O) groups excluding carboxylic acids is 1. The number of hydrogen-bond acceptors (Lipinski definition) is 5. The van der Waals surface area contributed by atoms with Crippen molar-refractivity contribution in [1.29, 1.82) is 0 Å². The first-order valence-electron chi connectivity index (χ1n) is 6.91. The molecule has 0 aliphatic carbocycles. The third kappa shape index (κ3) is 2.34. The molecule has 0 unspecified atom stereocenters. The molecule has 0 fully saturated rings. The SMILES string of the molecule is CCOC(=O)C1=C(C)Nc2ncnn2[C@@H]1c1cccc(F)c1. The van der Waals surface area contributed by atoms with Gasteiger partial charge in [0.05, 0.1) is 12.2 Å². The highest BCUT2D eigenvalue weighted by molar-refractivity contribution is 5.92. The van der Waals surface area contributed by atoms with Crippen LogP contribution in [0.3, 0.4) is 0 Å². The number of hydrogen-bond donors (Lipinski definition) is 1. The standard InChI is InChI=1S/C15H15FN4O2/c1-3-22-14(21)12-9(2)19-15-17-8-18-20(15)13(12)10-5-4-6-11(16)7-10/h4-8,13H,3H2,1-2H3,(H,17,18,19)/t13-/m1/s1. The largest absolute Gasteiger partial charge is 0.463 e. The van der Waals surface area contributed by atoms with Crippen molar-refractivity contribution in [2.24, 2.45) is 0 Å². The third-order valence-electron chi connectivity index (χ3n) is 3.45. The van der Waals surface area contributed by atoms with Crippen LogP contribution in [0.4, 0.5) is 10.3 Å². The van der Waals surface area contributed by atoms with Gasteiger partial charge in [-0.1, -0.05) is 12.1 Å². The van der Waals surface area contributed by atoms with Gasteiger partial charge in [-0.3, -0.25) is 0 Å². The maximum absolute atomic E-state index is 13.6. The van der Waals surface area contributed by atoms with Crippen LogP contribution in [0.25, 0.3) is 0 Å². The topological polar surface area (TPSA) is 69.0 Å². The summed E-state index contributed by atoms with van der Waals surface area (Å²) in [5.41, 5.74) is 1.62. The molecule has 0 spiro atoms. The second-order valence-electron chi connectivity index (χ2n) is 4.87. The molecular weight excluding hydrogens is 287 g/mol. The van der Waals surface area contributed by atoms with Crippen LogP contribution in [0.2, 0.25) is 0 Å². The molecule has 1 aliphatic heterocycles. The average molecular weight is 302 g/mol. The lowest BCUT2D eigenvalue weighted by Crippen LogP contribution is -2.29.